The predicted molar refractivity (Wildman–Crippen MR) is 95.8 cm³/mol. The predicted octanol–water partition coefficient (Wildman–Crippen LogP) is 2.74. The van der Waals surface area contributed by atoms with Crippen molar-refractivity contribution < 1.29 is 4.79 Å². The number of carbonyl (C=O) groups excluding carboxylic acids is 1. The van der Waals surface area contributed by atoms with Crippen molar-refractivity contribution in [2.45, 2.75) is 38.1 Å². The molecule has 2 aliphatic rings. The molecule has 1 aliphatic heterocycles. The Hall–Kier alpha value is -2.50. The van der Waals surface area contributed by atoms with Gasteiger partial charge in [0.1, 0.15) is 0 Å². The number of hydrogen-bond acceptors (Lipinski definition) is 5. The fourth-order valence-corrected chi connectivity index (χ4v) is 3.85. The fraction of sp³-hybridized carbons (Fsp3) is 0.474. The summed E-state index contributed by atoms with van der Waals surface area (Å²) in [6, 6.07) is 8.09. The van der Waals surface area contributed by atoms with Crippen LogP contribution in [0.1, 0.15) is 32.1 Å². The molecule has 25 heavy (non-hydrogen) atoms. The lowest BCUT2D eigenvalue weighted by Crippen LogP contribution is -2.34. The molecule has 1 saturated heterocycles. The van der Waals surface area contributed by atoms with Crippen molar-refractivity contribution in [2.75, 3.05) is 18.4 Å². The van der Waals surface area contributed by atoms with E-state index >= 15 is 0 Å². The molecule has 1 atom stereocenters. The van der Waals surface area contributed by atoms with E-state index in [0.717, 1.165) is 24.5 Å². The average Bonchev–Trinajstić information content (AvgIpc) is 3.30. The van der Waals surface area contributed by atoms with E-state index < -0.39 is 0 Å². The zero-order valence-electron chi connectivity index (χ0n) is 14.3. The second kappa shape index (κ2) is 7.17. The third kappa shape index (κ3) is 3.62. The number of amides is 1. The molecule has 2 aromatic rings. The molecule has 2 fully saturated rings. The van der Waals surface area contributed by atoms with Gasteiger partial charge >= 0.3 is 0 Å². The molecule has 0 bridgehead atoms. The lowest BCUT2D eigenvalue weighted by atomic mass is 10.1. The van der Waals surface area contributed by atoms with Crippen molar-refractivity contribution in [3.05, 3.63) is 36.7 Å². The normalized spacial score (nSPS) is 21.0. The number of nitrogens with one attached hydrogen (secondary N) is 1. The van der Waals surface area contributed by atoms with Crippen molar-refractivity contribution in [1.29, 1.82) is 0 Å². The van der Waals surface area contributed by atoms with Gasteiger partial charge in [-0.25, -0.2) is 9.97 Å². The van der Waals surface area contributed by atoms with E-state index in [1.807, 2.05) is 24.3 Å². The number of carbonyl (C=O) groups is 1. The van der Waals surface area contributed by atoms with Gasteiger partial charge in [0.2, 0.25) is 11.9 Å². The quantitative estimate of drug-likeness (QED) is 0.908. The number of nitrogens with zero attached hydrogens (tertiary/aromatic N) is 4. The summed E-state index contributed by atoms with van der Waals surface area (Å²) >= 11 is 0. The van der Waals surface area contributed by atoms with Crippen molar-refractivity contribution in [3.63, 3.8) is 0 Å². The Labute approximate surface area is 147 Å². The Morgan fingerprint density at radius 1 is 1.08 bits per heavy atom. The first-order valence-corrected chi connectivity index (χ1v) is 9.07. The largest absolute Gasteiger partial charge is 0.354 e. The Morgan fingerprint density at radius 2 is 1.96 bits per heavy atom. The SMILES string of the molecule is O=C1C[C@@H](CNc2nccc(-c3ccccn3)n2)CN1C1CCCC1. The molecule has 6 heteroatoms. The van der Waals surface area contributed by atoms with Crippen molar-refractivity contribution in [2.24, 2.45) is 5.92 Å². The molecule has 130 valence electrons. The molecule has 0 spiro atoms. The molecule has 4 rings (SSSR count). The van der Waals surface area contributed by atoms with Crippen LogP contribution >= 0.6 is 0 Å². The van der Waals surface area contributed by atoms with E-state index in [1.54, 1.807) is 12.4 Å². The summed E-state index contributed by atoms with van der Waals surface area (Å²) in [5.74, 6) is 1.23. The van der Waals surface area contributed by atoms with Gasteiger partial charge in [-0.15, -0.1) is 0 Å². The highest BCUT2D eigenvalue weighted by Crippen LogP contribution is 2.29. The zero-order chi connectivity index (χ0) is 17.1. The highest BCUT2D eigenvalue weighted by molar-refractivity contribution is 5.79. The van der Waals surface area contributed by atoms with Gasteiger partial charge in [-0.2, -0.15) is 0 Å². The first-order chi connectivity index (χ1) is 12.3. The molecule has 0 unspecified atom stereocenters. The number of aromatic nitrogens is 3. The highest BCUT2D eigenvalue weighted by atomic mass is 16.2. The summed E-state index contributed by atoms with van der Waals surface area (Å²) in [6.45, 7) is 1.58. The lowest BCUT2D eigenvalue weighted by Gasteiger charge is -2.24. The van der Waals surface area contributed by atoms with Crippen LogP contribution in [-0.2, 0) is 4.79 Å². The van der Waals surface area contributed by atoms with Crippen molar-refractivity contribution in [3.8, 4) is 11.4 Å². The van der Waals surface area contributed by atoms with Gasteiger partial charge in [-0.3, -0.25) is 9.78 Å². The van der Waals surface area contributed by atoms with Crippen LogP contribution in [-0.4, -0.2) is 44.9 Å². The van der Waals surface area contributed by atoms with Crippen LogP contribution in [0.15, 0.2) is 36.7 Å². The summed E-state index contributed by atoms with van der Waals surface area (Å²) in [5, 5.41) is 3.30. The molecular formula is C19H23N5O. The number of pyridine rings is 1. The summed E-state index contributed by atoms with van der Waals surface area (Å²) in [4.78, 5) is 27.5. The smallest absolute Gasteiger partial charge is 0.223 e. The molecule has 1 saturated carbocycles. The lowest BCUT2D eigenvalue weighted by molar-refractivity contribution is -0.129. The van der Waals surface area contributed by atoms with Crippen LogP contribution in [0, 0.1) is 5.92 Å². The Morgan fingerprint density at radius 3 is 2.76 bits per heavy atom. The minimum atomic E-state index is 0.307. The molecule has 0 radical (unpaired) electrons. The number of rotatable bonds is 5. The third-order valence-electron chi connectivity index (χ3n) is 5.14. The van der Waals surface area contributed by atoms with Crippen molar-refractivity contribution in [1.82, 2.24) is 19.9 Å². The average molecular weight is 337 g/mol. The number of likely N-dealkylation sites (tertiary alicyclic amines) is 1. The van der Waals surface area contributed by atoms with Gasteiger partial charge in [0.25, 0.3) is 0 Å². The van der Waals surface area contributed by atoms with Crippen LogP contribution < -0.4 is 5.32 Å². The molecule has 1 amide bonds. The van der Waals surface area contributed by atoms with Crippen LogP contribution in [0.5, 0.6) is 0 Å². The summed E-state index contributed by atoms with van der Waals surface area (Å²) in [6.07, 6.45) is 8.97. The maximum Gasteiger partial charge on any atom is 0.223 e. The van der Waals surface area contributed by atoms with E-state index in [9.17, 15) is 4.79 Å². The summed E-state index contributed by atoms with van der Waals surface area (Å²) in [7, 11) is 0. The second-order valence-corrected chi connectivity index (χ2v) is 6.92. The van der Waals surface area contributed by atoms with Crippen LogP contribution in [0.25, 0.3) is 11.4 Å². The number of hydrogen-bond donors (Lipinski definition) is 1. The minimum Gasteiger partial charge on any atom is -0.354 e. The van der Waals surface area contributed by atoms with Gasteiger partial charge < -0.3 is 10.2 Å². The molecular weight excluding hydrogens is 314 g/mol. The summed E-state index contributed by atoms with van der Waals surface area (Å²) < 4.78 is 0. The highest BCUT2D eigenvalue weighted by Gasteiger charge is 2.35. The fourth-order valence-electron chi connectivity index (χ4n) is 3.85. The van der Waals surface area contributed by atoms with Gasteiger partial charge in [-0.1, -0.05) is 18.9 Å². The van der Waals surface area contributed by atoms with Gasteiger partial charge in [0.15, 0.2) is 0 Å². The van der Waals surface area contributed by atoms with Gasteiger partial charge in [-0.05, 0) is 31.0 Å². The van der Waals surface area contributed by atoms with Crippen molar-refractivity contribution >= 4 is 11.9 Å². The summed E-state index contributed by atoms with van der Waals surface area (Å²) in [5.41, 5.74) is 1.63. The first kappa shape index (κ1) is 16.0. The number of anilines is 1. The second-order valence-electron chi connectivity index (χ2n) is 6.92. The van der Waals surface area contributed by atoms with Crippen LogP contribution in [0.2, 0.25) is 0 Å². The maximum absolute atomic E-state index is 12.3. The van der Waals surface area contributed by atoms with E-state index in [0.29, 0.717) is 30.2 Å². The van der Waals surface area contributed by atoms with E-state index in [2.05, 4.69) is 25.2 Å². The Kier molecular flexibility index (Phi) is 4.59. The molecule has 2 aromatic heterocycles. The molecule has 3 heterocycles. The van der Waals surface area contributed by atoms with Crippen LogP contribution in [0.4, 0.5) is 5.95 Å². The topological polar surface area (TPSA) is 71.0 Å². The molecule has 6 nitrogen and oxygen atoms in total. The van der Waals surface area contributed by atoms with E-state index in [4.69, 9.17) is 0 Å². The van der Waals surface area contributed by atoms with E-state index in [1.165, 1.54) is 25.7 Å². The monoisotopic (exact) mass is 337 g/mol. The van der Waals surface area contributed by atoms with Gasteiger partial charge in [0, 0.05) is 43.9 Å². The standard InChI is InChI=1S/C19H23N5O/c25-18-11-14(13-24(18)15-5-1-2-6-15)12-22-19-21-10-8-17(23-19)16-7-3-4-9-20-16/h3-4,7-10,14-15H,1-2,5-6,11-13H2,(H,21,22,23)/t14-/m0/s1. The maximum atomic E-state index is 12.3. The minimum absolute atomic E-state index is 0.307. The van der Waals surface area contributed by atoms with E-state index in [-0.39, 0.29) is 0 Å². The zero-order valence-corrected chi connectivity index (χ0v) is 14.3. The molecule has 1 N–H and O–H groups in total. The Balaban J connectivity index is 1.36. The molecule has 0 aromatic carbocycles. The van der Waals surface area contributed by atoms with Crippen LogP contribution in [0.3, 0.4) is 0 Å². The molecule has 1 aliphatic carbocycles. The third-order valence-corrected chi connectivity index (χ3v) is 5.14. The first-order valence-electron chi connectivity index (χ1n) is 9.07. The van der Waals surface area contributed by atoms with Gasteiger partial charge in [0.05, 0.1) is 11.4 Å². The Bertz CT molecular complexity index is 730.